The number of pyridine rings is 1. The molecule has 0 aliphatic carbocycles. The lowest BCUT2D eigenvalue weighted by molar-refractivity contribution is 0.0971. The molecule has 3 aromatic heterocycles. The van der Waals surface area contributed by atoms with E-state index < -0.39 is 0 Å². The van der Waals surface area contributed by atoms with E-state index in [0.717, 1.165) is 36.7 Å². The van der Waals surface area contributed by atoms with Gasteiger partial charge in [-0.3, -0.25) is 9.88 Å². The highest BCUT2D eigenvalue weighted by Gasteiger charge is 2.27. The van der Waals surface area contributed by atoms with Gasteiger partial charge in [-0.2, -0.15) is 0 Å². The second-order valence-electron chi connectivity index (χ2n) is 6.33. The lowest BCUT2D eigenvalue weighted by atomic mass is 10.2. The first-order chi connectivity index (χ1) is 12.3. The lowest BCUT2D eigenvalue weighted by Crippen LogP contribution is -2.36. The molecule has 0 fully saturated rings. The number of fused-ring (bicyclic) bond motifs is 1. The number of imidazole rings is 1. The van der Waals surface area contributed by atoms with Crippen molar-refractivity contribution in [1.82, 2.24) is 19.4 Å². The molecular weight excluding hydrogens is 332 g/mol. The van der Waals surface area contributed by atoms with Crippen LogP contribution in [0.3, 0.4) is 0 Å². The molecule has 1 aliphatic rings. The van der Waals surface area contributed by atoms with Crippen molar-refractivity contribution in [2.75, 3.05) is 6.54 Å². The van der Waals surface area contributed by atoms with E-state index in [1.54, 1.807) is 12.4 Å². The van der Waals surface area contributed by atoms with Crippen molar-refractivity contribution in [3.63, 3.8) is 0 Å². The highest BCUT2D eigenvalue weighted by Crippen LogP contribution is 2.28. The van der Waals surface area contributed by atoms with Crippen molar-refractivity contribution >= 4 is 11.3 Å². The Morgan fingerprint density at radius 2 is 2.08 bits per heavy atom. The molecule has 0 saturated carbocycles. The van der Waals surface area contributed by atoms with Gasteiger partial charge in [0.1, 0.15) is 5.82 Å². The minimum absolute atomic E-state index is 0.324. The van der Waals surface area contributed by atoms with Crippen LogP contribution in [-0.2, 0) is 31.0 Å². The molecule has 0 unspecified atom stereocenters. The number of ether oxygens (including phenoxy) is 1. The Balaban J connectivity index is 1.39. The normalized spacial score (nSPS) is 17.6. The van der Waals surface area contributed by atoms with Gasteiger partial charge in [0.15, 0.2) is 0 Å². The molecule has 4 rings (SSSR count). The molecule has 5 nitrogen and oxygen atoms in total. The van der Waals surface area contributed by atoms with Crippen LogP contribution >= 0.6 is 11.3 Å². The monoisotopic (exact) mass is 354 g/mol. The quantitative estimate of drug-likeness (QED) is 0.678. The van der Waals surface area contributed by atoms with Crippen molar-refractivity contribution in [3.8, 4) is 0 Å². The molecule has 1 aliphatic heterocycles. The van der Waals surface area contributed by atoms with E-state index in [1.807, 2.05) is 29.7 Å². The summed E-state index contributed by atoms with van der Waals surface area (Å²) < 4.78 is 8.20. The largest absolute Gasteiger partial charge is 0.370 e. The van der Waals surface area contributed by atoms with Gasteiger partial charge in [-0.25, -0.2) is 4.98 Å². The third-order valence-corrected chi connectivity index (χ3v) is 5.57. The van der Waals surface area contributed by atoms with Crippen LogP contribution in [-0.4, -0.2) is 26.0 Å². The Kier molecular flexibility index (Phi) is 4.92. The maximum absolute atomic E-state index is 5.88. The topological polar surface area (TPSA) is 43.2 Å². The van der Waals surface area contributed by atoms with Crippen LogP contribution in [0, 0.1) is 0 Å². The van der Waals surface area contributed by atoms with Crippen LogP contribution in [0.1, 0.15) is 34.9 Å². The molecule has 130 valence electrons. The second-order valence-corrected chi connectivity index (χ2v) is 7.37. The fourth-order valence-corrected chi connectivity index (χ4v) is 4.02. The Bertz CT molecular complexity index is 800. The summed E-state index contributed by atoms with van der Waals surface area (Å²) >= 11 is 1.82. The average Bonchev–Trinajstić information content (AvgIpc) is 3.29. The van der Waals surface area contributed by atoms with Gasteiger partial charge in [-0.1, -0.05) is 6.07 Å². The zero-order valence-corrected chi connectivity index (χ0v) is 15.2. The maximum atomic E-state index is 5.88. The maximum Gasteiger partial charge on any atom is 0.126 e. The molecule has 0 N–H and O–H groups in total. The van der Waals surface area contributed by atoms with Crippen LogP contribution in [0.25, 0.3) is 0 Å². The highest BCUT2D eigenvalue weighted by atomic mass is 32.1. The van der Waals surface area contributed by atoms with Gasteiger partial charge in [0.25, 0.3) is 0 Å². The summed E-state index contributed by atoms with van der Waals surface area (Å²) in [4.78, 5) is 12.6. The summed E-state index contributed by atoms with van der Waals surface area (Å²) in [6.07, 6.45) is 5.56. The Labute approximate surface area is 151 Å². The van der Waals surface area contributed by atoms with Crippen molar-refractivity contribution in [3.05, 3.63) is 70.2 Å². The van der Waals surface area contributed by atoms with E-state index in [-0.39, 0.29) is 0 Å². The van der Waals surface area contributed by atoms with E-state index >= 15 is 0 Å². The number of thiophene rings is 1. The smallest absolute Gasteiger partial charge is 0.126 e. The van der Waals surface area contributed by atoms with Crippen molar-refractivity contribution in [2.24, 2.45) is 0 Å². The fourth-order valence-electron chi connectivity index (χ4n) is 3.29. The number of nitrogens with zero attached hydrogens (tertiary/aromatic N) is 4. The van der Waals surface area contributed by atoms with Crippen LogP contribution in [0.15, 0.2) is 48.2 Å². The van der Waals surface area contributed by atoms with Crippen molar-refractivity contribution in [1.29, 1.82) is 0 Å². The van der Waals surface area contributed by atoms with E-state index in [1.165, 1.54) is 4.88 Å². The van der Waals surface area contributed by atoms with Gasteiger partial charge < -0.3 is 9.30 Å². The minimum atomic E-state index is 0.324. The molecule has 25 heavy (non-hydrogen) atoms. The zero-order valence-electron chi connectivity index (χ0n) is 14.3. The first-order valence-corrected chi connectivity index (χ1v) is 9.46. The molecular formula is C19H22N4OS. The Hall–Kier alpha value is -2.02. The van der Waals surface area contributed by atoms with Gasteiger partial charge in [0, 0.05) is 36.9 Å². The molecule has 6 heteroatoms. The summed E-state index contributed by atoms with van der Waals surface area (Å²) in [5.41, 5.74) is 2.30. The van der Waals surface area contributed by atoms with Crippen LogP contribution in [0.4, 0.5) is 0 Å². The third kappa shape index (κ3) is 3.66. The fraction of sp³-hybridized carbons (Fsp3) is 0.368. The second kappa shape index (κ2) is 7.47. The highest BCUT2D eigenvalue weighted by molar-refractivity contribution is 7.09. The molecule has 1 atom stereocenters. The zero-order chi connectivity index (χ0) is 17.1. The number of hydrogen-bond acceptors (Lipinski definition) is 5. The molecule has 0 saturated heterocycles. The number of rotatable bonds is 6. The first-order valence-electron chi connectivity index (χ1n) is 8.58. The van der Waals surface area contributed by atoms with E-state index in [0.29, 0.717) is 19.3 Å². The Morgan fingerprint density at radius 1 is 1.20 bits per heavy atom. The molecule has 0 aromatic carbocycles. The molecule has 0 bridgehead atoms. The first kappa shape index (κ1) is 16.4. The molecule has 3 aromatic rings. The summed E-state index contributed by atoms with van der Waals surface area (Å²) in [6.45, 7) is 6.45. The molecule has 4 heterocycles. The van der Waals surface area contributed by atoms with Crippen LogP contribution in [0.5, 0.6) is 0 Å². The Morgan fingerprint density at radius 3 is 2.88 bits per heavy atom. The molecule has 0 spiro atoms. The minimum Gasteiger partial charge on any atom is -0.370 e. The van der Waals surface area contributed by atoms with Gasteiger partial charge in [0.2, 0.25) is 0 Å². The predicted molar refractivity (Wildman–Crippen MR) is 98.1 cm³/mol. The van der Waals surface area contributed by atoms with Gasteiger partial charge >= 0.3 is 0 Å². The van der Waals surface area contributed by atoms with Gasteiger partial charge in [-0.05, 0) is 36.1 Å². The molecule has 0 radical (unpaired) electrons. The molecule has 0 amide bonds. The van der Waals surface area contributed by atoms with Gasteiger partial charge in [-0.15, -0.1) is 11.3 Å². The van der Waals surface area contributed by atoms with E-state index in [4.69, 9.17) is 4.74 Å². The van der Waals surface area contributed by atoms with Crippen molar-refractivity contribution < 1.29 is 4.74 Å². The summed E-state index contributed by atoms with van der Waals surface area (Å²) in [7, 11) is 0. The SMILES string of the molecule is C[C@H]1c2ncc(COCc3ccncc3)n2CCN1Cc1cccs1. The van der Waals surface area contributed by atoms with Gasteiger partial charge in [0.05, 0.1) is 31.1 Å². The average molecular weight is 354 g/mol. The standard InChI is InChI=1S/C19H22N4OS/c1-15-19-21-11-17(14-24-13-16-4-6-20-7-5-16)23(19)9-8-22(15)12-18-3-2-10-25-18/h2-7,10-11,15H,8-9,12-14H2,1H3/t15-/m0/s1. The number of hydrogen-bond donors (Lipinski definition) is 0. The number of aromatic nitrogens is 3. The van der Waals surface area contributed by atoms with Crippen LogP contribution < -0.4 is 0 Å². The van der Waals surface area contributed by atoms with E-state index in [2.05, 4.69) is 43.9 Å². The van der Waals surface area contributed by atoms with Crippen molar-refractivity contribution in [2.45, 2.75) is 39.3 Å². The lowest BCUT2D eigenvalue weighted by Gasteiger charge is -2.34. The summed E-state index contributed by atoms with van der Waals surface area (Å²) in [5, 5.41) is 2.14. The third-order valence-electron chi connectivity index (χ3n) is 4.71. The van der Waals surface area contributed by atoms with Crippen LogP contribution in [0.2, 0.25) is 0 Å². The summed E-state index contributed by atoms with van der Waals surface area (Å²) in [6, 6.07) is 8.61. The summed E-state index contributed by atoms with van der Waals surface area (Å²) in [5.74, 6) is 1.14. The van der Waals surface area contributed by atoms with E-state index in [9.17, 15) is 0 Å². The predicted octanol–water partition coefficient (Wildman–Crippen LogP) is 3.63.